The van der Waals surface area contributed by atoms with Gasteiger partial charge in [0.2, 0.25) is 0 Å². The number of rotatable bonds is 5. The zero-order valence-corrected chi connectivity index (χ0v) is 16.1. The van der Waals surface area contributed by atoms with Crippen molar-refractivity contribution in [3.8, 4) is 11.5 Å². The minimum Gasteiger partial charge on any atom is -0.493 e. The number of benzene rings is 1. The molecule has 0 spiro atoms. The summed E-state index contributed by atoms with van der Waals surface area (Å²) in [5, 5.41) is 3.51. The molecular weight excluding hydrogens is 368 g/mol. The SMILES string of the molecule is CCOc1c(Br)cc(CN2CC(C)NCC2C)cc1OC.Cl. The summed E-state index contributed by atoms with van der Waals surface area (Å²) in [6, 6.07) is 5.29. The monoisotopic (exact) mass is 392 g/mol. The minimum absolute atomic E-state index is 0. The van der Waals surface area contributed by atoms with Crippen LogP contribution in [0.2, 0.25) is 0 Å². The van der Waals surface area contributed by atoms with E-state index in [4.69, 9.17) is 9.47 Å². The Morgan fingerprint density at radius 3 is 2.73 bits per heavy atom. The first kappa shape index (κ1) is 19.6. The molecular formula is C16H26BrClN2O2. The predicted molar refractivity (Wildman–Crippen MR) is 96.4 cm³/mol. The van der Waals surface area contributed by atoms with Gasteiger partial charge in [0.05, 0.1) is 18.2 Å². The first-order valence-electron chi connectivity index (χ1n) is 7.51. The van der Waals surface area contributed by atoms with E-state index in [1.807, 2.05) is 6.92 Å². The molecule has 1 aromatic rings. The van der Waals surface area contributed by atoms with Crippen molar-refractivity contribution in [2.24, 2.45) is 0 Å². The molecule has 0 amide bonds. The maximum absolute atomic E-state index is 5.65. The van der Waals surface area contributed by atoms with Crippen LogP contribution in [0.5, 0.6) is 11.5 Å². The Balaban J connectivity index is 0.00000242. The number of methoxy groups -OCH3 is 1. The van der Waals surface area contributed by atoms with Gasteiger partial charge in [0.25, 0.3) is 0 Å². The topological polar surface area (TPSA) is 33.7 Å². The lowest BCUT2D eigenvalue weighted by molar-refractivity contribution is 0.138. The molecule has 1 N–H and O–H groups in total. The molecule has 1 saturated heterocycles. The van der Waals surface area contributed by atoms with Crippen LogP contribution in [0.3, 0.4) is 0 Å². The van der Waals surface area contributed by atoms with E-state index in [9.17, 15) is 0 Å². The molecule has 0 aromatic heterocycles. The fraction of sp³-hybridized carbons (Fsp3) is 0.625. The number of piperazine rings is 1. The van der Waals surface area contributed by atoms with E-state index in [-0.39, 0.29) is 12.4 Å². The maximum Gasteiger partial charge on any atom is 0.175 e. The van der Waals surface area contributed by atoms with Crippen LogP contribution >= 0.6 is 28.3 Å². The summed E-state index contributed by atoms with van der Waals surface area (Å²) < 4.78 is 12.1. The summed E-state index contributed by atoms with van der Waals surface area (Å²) in [5.74, 6) is 1.57. The van der Waals surface area contributed by atoms with Gasteiger partial charge >= 0.3 is 0 Å². The van der Waals surface area contributed by atoms with Gasteiger partial charge in [0.1, 0.15) is 0 Å². The van der Waals surface area contributed by atoms with Gasteiger partial charge in [-0.3, -0.25) is 4.90 Å². The average Bonchev–Trinajstić information content (AvgIpc) is 2.45. The number of nitrogens with zero attached hydrogens (tertiary/aromatic N) is 1. The second-order valence-electron chi connectivity index (χ2n) is 5.63. The van der Waals surface area contributed by atoms with Crippen molar-refractivity contribution in [2.75, 3.05) is 26.8 Å². The van der Waals surface area contributed by atoms with E-state index < -0.39 is 0 Å². The number of nitrogens with one attached hydrogen (secondary N) is 1. The van der Waals surface area contributed by atoms with Crippen LogP contribution in [0.4, 0.5) is 0 Å². The van der Waals surface area contributed by atoms with Gasteiger partial charge in [-0.15, -0.1) is 12.4 Å². The van der Waals surface area contributed by atoms with Gasteiger partial charge in [-0.25, -0.2) is 0 Å². The molecule has 2 unspecified atom stereocenters. The number of hydrogen-bond acceptors (Lipinski definition) is 4. The van der Waals surface area contributed by atoms with E-state index in [2.05, 4.69) is 52.1 Å². The third kappa shape index (κ3) is 4.75. The largest absolute Gasteiger partial charge is 0.493 e. The Bertz CT molecular complexity index is 487. The molecule has 0 radical (unpaired) electrons. The first-order valence-corrected chi connectivity index (χ1v) is 8.31. The van der Waals surface area contributed by atoms with Gasteiger partial charge in [-0.2, -0.15) is 0 Å². The zero-order valence-electron chi connectivity index (χ0n) is 13.7. The second-order valence-corrected chi connectivity index (χ2v) is 6.48. The molecule has 4 nitrogen and oxygen atoms in total. The molecule has 6 heteroatoms. The lowest BCUT2D eigenvalue weighted by atomic mass is 10.1. The second kappa shape index (κ2) is 8.96. The Morgan fingerprint density at radius 2 is 2.09 bits per heavy atom. The fourth-order valence-electron chi connectivity index (χ4n) is 2.70. The van der Waals surface area contributed by atoms with Gasteiger partial charge in [-0.1, -0.05) is 0 Å². The van der Waals surface area contributed by atoms with Crippen molar-refractivity contribution in [1.82, 2.24) is 10.2 Å². The minimum atomic E-state index is 0. The van der Waals surface area contributed by atoms with Crippen LogP contribution in [0.25, 0.3) is 0 Å². The number of ether oxygens (including phenoxy) is 2. The predicted octanol–water partition coefficient (Wildman–Crippen LogP) is 3.46. The molecule has 0 bridgehead atoms. The molecule has 1 aliphatic rings. The zero-order chi connectivity index (χ0) is 15.4. The summed E-state index contributed by atoms with van der Waals surface area (Å²) >= 11 is 3.60. The van der Waals surface area contributed by atoms with E-state index in [0.717, 1.165) is 35.6 Å². The first-order chi connectivity index (χ1) is 10.0. The van der Waals surface area contributed by atoms with Crippen LogP contribution in [0.15, 0.2) is 16.6 Å². The Morgan fingerprint density at radius 1 is 1.36 bits per heavy atom. The van der Waals surface area contributed by atoms with Gasteiger partial charge in [0, 0.05) is 31.7 Å². The van der Waals surface area contributed by atoms with E-state index >= 15 is 0 Å². The van der Waals surface area contributed by atoms with Gasteiger partial charge in [-0.05, 0) is 54.4 Å². The summed E-state index contributed by atoms with van der Waals surface area (Å²) in [5.41, 5.74) is 1.24. The third-order valence-electron chi connectivity index (χ3n) is 3.86. The fourth-order valence-corrected chi connectivity index (χ4v) is 3.30. The van der Waals surface area contributed by atoms with E-state index in [1.165, 1.54) is 5.56 Å². The maximum atomic E-state index is 5.65. The van der Waals surface area contributed by atoms with E-state index in [0.29, 0.717) is 18.7 Å². The number of hydrogen-bond donors (Lipinski definition) is 1. The van der Waals surface area contributed by atoms with Crippen LogP contribution in [0.1, 0.15) is 26.3 Å². The van der Waals surface area contributed by atoms with Crippen LogP contribution in [-0.4, -0.2) is 43.8 Å². The Hall–Kier alpha value is -0.490. The molecule has 22 heavy (non-hydrogen) atoms. The summed E-state index contributed by atoms with van der Waals surface area (Å²) in [4.78, 5) is 2.50. The lowest BCUT2D eigenvalue weighted by Gasteiger charge is -2.37. The average molecular weight is 394 g/mol. The Kier molecular flexibility index (Phi) is 7.97. The quantitative estimate of drug-likeness (QED) is 0.830. The highest BCUT2D eigenvalue weighted by molar-refractivity contribution is 9.10. The molecule has 0 saturated carbocycles. The molecule has 0 aliphatic carbocycles. The smallest absolute Gasteiger partial charge is 0.175 e. The van der Waals surface area contributed by atoms with Crippen LogP contribution < -0.4 is 14.8 Å². The highest BCUT2D eigenvalue weighted by Crippen LogP contribution is 2.37. The van der Waals surface area contributed by atoms with E-state index in [1.54, 1.807) is 7.11 Å². The summed E-state index contributed by atoms with van der Waals surface area (Å²) in [7, 11) is 1.68. The normalized spacial score (nSPS) is 22.0. The number of halogens is 2. The lowest BCUT2D eigenvalue weighted by Crippen LogP contribution is -2.53. The van der Waals surface area contributed by atoms with Crippen LogP contribution in [-0.2, 0) is 6.54 Å². The molecule has 2 rings (SSSR count). The highest BCUT2D eigenvalue weighted by atomic mass is 79.9. The van der Waals surface area contributed by atoms with Crippen molar-refractivity contribution in [1.29, 1.82) is 0 Å². The molecule has 1 fully saturated rings. The summed E-state index contributed by atoms with van der Waals surface area (Å²) in [6.45, 7) is 10.1. The Labute approximate surface area is 148 Å². The summed E-state index contributed by atoms with van der Waals surface area (Å²) in [6.07, 6.45) is 0. The highest BCUT2D eigenvalue weighted by Gasteiger charge is 2.23. The molecule has 1 aromatic carbocycles. The molecule has 2 atom stereocenters. The molecule has 1 heterocycles. The standard InChI is InChI=1S/C16H25BrN2O2.ClH/c1-5-21-16-14(17)6-13(7-15(16)20-4)10-19-9-11(2)18-8-12(19)3;/h6-7,11-12,18H,5,8-10H2,1-4H3;1H. The molecule has 126 valence electrons. The van der Waals surface area contributed by atoms with Crippen molar-refractivity contribution < 1.29 is 9.47 Å². The van der Waals surface area contributed by atoms with Crippen molar-refractivity contribution in [3.05, 3.63) is 22.2 Å². The third-order valence-corrected chi connectivity index (χ3v) is 4.45. The molecule has 1 aliphatic heterocycles. The van der Waals surface area contributed by atoms with Crippen molar-refractivity contribution in [2.45, 2.75) is 39.4 Å². The van der Waals surface area contributed by atoms with Gasteiger partial charge in [0.15, 0.2) is 11.5 Å². The van der Waals surface area contributed by atoms with Gasteiger partial charge < -0.3 is 14.8 Å². The van der Waals surface area contributed by atoms with Crippen molar-refractivity contribution in [3.63, 3.8) is 0 Å². The van der Waals surface area contributed by atoms with Crippen LogP contribution in [0, 0.1) is 0 Å². The van der Waals surface area contributed by atoms with Crippen molar-refractivity contribution >= 4 is 28.3 Å².